The molecule has 2 N–H and O–H groups in total. The topological polar surface area (TPSA) is 60.0 Å². The first-order valence-electron chi connectivity index (χ1n) is 11.1. The molecule has 3 rings (SSSR count). The summed E-state index contributed by atoms with van der Waals surface area (Å²) in [7, 11) is 3.55. The van der Waals surface area contributed by atoms with Gasteiger partial charge in [0.15, 0.2) is 5.96 Å². The van der Waals surface area contributed by atoms with Crippen LogP contribution in [0, 0.1) is 0 Å². The smallest absolute Gasteiger partial charge is 0.243 e. The molecule has 1 aromatic carbocycles. The molecule has 6 heteroatoms. The lowest BCUT2D eigenvalue weighted by molar-refractivity contribution is -0.127. The fraction of sp³-hybridized carbons (Fsp3) is 0.652. The lowest BCUT2D eigenvalue weighted by atomic mass is 9.96. The summed E-state index contributed by atoms with van der Waals surface area (Å²) in [6, 6.07) is 12.0. The fourth-order valence-corrected chi connectivity index (χ4v) is 4.30. The Bertz CT molecular complexity index is 669. The minimum Gasteiger partial charge on any atom is -0.354 e. The van der Waals surface area contributed by atoms with Crippen LogP contribution in [0.5, 0.6) is 0 Å². The molecule has 0 radical (unpaired) electrons. The Balaban J connectivity index is 1.60. The highest BCUT2D eigenvalue weighted by molar-refractivity contribution is 5.85. The van der Waals surface area contributed by atoms with Crippen molar-refractivity contribution in [3.8, 4) is 0 Å². The summed E-state index contributed by atoms with van der Waals surface area (Å²) in [4.78, 5) is 20.8. The van der Waals surface area contributed by atoms with E-state index in [1.165, 1.54) is 37.7 Å². The van der Waals surface area contributed by atoms with Gasteiger partial charge in [-0.05, 0) is 31.7 Å². The van der Waals surface area contributed by atoms with Gasteiger partial charge in [0.05, 0.1) is 0 Å². The first-order chi connectivity index (χ1) is 14.0. The van der Waals surface area contributed by atoms with E-state index in [2.05, 4.69) is 57.8 Å². The Morgan fingerprint density at radius 3 is 2.48 bits per heavy atom. The first kappa shape index (κ1) is 21.6. The Hall–Kier alpha value is -2.08. The standard InChI is InChI=1S/C23H37N5O/c1-18-14-21(17-28(18)16-19-10-6-4-7-11-19)26-23(24-15-22(29)27(2)3)25-20-12-8-5-9-13-20/h4,6-7,10-11,18,20-21H,5,8-9,12-17H2,1-3H3,(H2,24,25,26). The molecule has 1 saturated heterocycles. The number of aliphatic imine (C=N–C) groups is 1. The maximum absolute atomic E-state index is 12.0. The van der Waals surface area contributed by atoms with E-state index >= 15 is 0 Å². The first-order valence-corrected chi connectivity index (χ1v) is 11.1. The van der Waals surface area contributed by atoms with E-state index in [-0.39, 0.29) is 12.5 Å². The second-order valence-corrected chi connectivity index (χ2v) is 8.77. The van der Waals surface area contributed by atoms with Gasteiger partial charge in [-0.2, -0.15) is 0 Å². The molecular formula is C23H37N5O. The van der Waals surface area contributed by atoms with Crippen molar-refractivity contribution < 1.29 is 4.79 Å². The lowest BCUT2D eigenvalue weighted by Crippen LogP contribution is -2.49. The Morgan fingerprint density at radius 1 is 1.10 bits per heavy atom. The van der Waals surface area contributed by atoms with Crippen LogP contribution in [0.2, 0.25) is 0 Å². The molecule has 29 heavy (non-hydrogen) atoms. The van der Waals surface area contributed by atoms with E-state index in [1.54, 1.807) is 19.0 Å². The number of carbonyl (C=O) groups is 1. The molecule has 2 unspecified atom stereocenters. The van der Waals surface area contributed by atoms with Crippen LogP contribution in [0.1, 0.15) is 51.0 Å². The molecule has 2 fully saturated rings. The van der Waals surface area contributed by atoms with E-state index in [1.807, 2.05) is 0 Å². The molecule has 2 aliphatic rings. The number of likely N-dealkylation sites (tertiary alicyclic amines) is 1. The summed E-state index contributed by atoms with van der Waals surface area (Å²) in [5.41, 5.74) is 1.35. The lowest BCUT2D eigenvalue weighted by Gasteiger charge is -2.26. The van der Waals surface area contributed by atoms with Crippen molar-refractivity contribution in [2.45, 2.75) is 70.1 Å². The van der Waals surface area contributed by atoms with Gasteiger partial charge in [0.2, 0.25) is 5.91 Å². The van der Waals surface area contributed by atoms with Crippen LogP contribution in [-0.4, -0.2) is 67.0 Å². The quantitative estimate of drug-likeness (QED) is 0.570. The maximum atomic E-state index is 12.0. The van der Waals surface area contributed by atoms with Gasteiger partial charge in [-0.3, -0.25) is 9.69 Å². The second-order valence-electron chi connectivity index (χ2n) is 8.77. The monoisotopic (exact) mass is 399 g/mol. The van der Waals surface area contributed by atoms with Crippen molar-refractivity contribution in [3.63, 3.8) is 0 Å². The predicted octanol–water partition coefficient (Wildman–Crippen LogP) is 2.61. The second kappa shape index (κ2) is 10.6. The third-order valence-electron chi connectivity index (χ3n) is 6.09. The van der Waals surface area contributed by atoms with E-state index in [0.29, 0.717) is 18.1 Å². The molecule has 1 aliphatic carbocycles. The molecule has 1 aliphatic heterocycles. The number of nitrogens with zero attached hydrogens (tertiary/aromatic N) is 3. The zero-order chi connectivity index (χ0) is 20.6. The van der Waals surface area contributed by atoms with Crippen molar-refractivity contribution in [2.24, 2.45) is 4.99 Å². The van der Waals surface area contributed by atoms with Crippen LogP contribution >= 0.6 is 0 Å². The van der Waals surface area contributed by atoms with Gasteiger partial charge in [0.25, 0.3) is 0 Å². The number of amides is 1. The molecule has 0 aromatic heterocycles. The largest absolute Gasteiger partial charge is 0.354 e. The number of guanidine groups is 1. The number of hydrogen-bond acceptors (Lipinski definition) is 3. The number of likely N-dealkylation sites (N-methyl/N-ethyl adjacent to an activating group) is 1. The SMILES string of the molecule is CC1CC(NC(=NCC(=O)N(C)C)NC2CCCCC2)CN1Cc1ccccc1. The summed E-state index contributed by atoms with van der Waals surface area (Å²) in [6.45, 7) is 4.45. The average Bonchev–Trinajstić information content (AvgIpc) is 3.06. The van der Waals surface area contributed by atoms with Crippen molar-refractivity contribution in [3.05, 3.63) is 35.9 Å². The van der Waals surface area contributed by atoms with Crippen LogP contribution in [0.25, 0.3) is 0 Å². The van der Waals surface area contributed by atoms with Crippen LogP contribution in [0.3, 0.4) is 0 Å². The number of carbonyl (C=O) groups excluding carboxylic acids is 1. The highest BCUT2D eigenvalue weighted by Gasteiger charge is 2.30. The van der Waals surface area contributed by atoms with Crippen LogP contribution < -0.4 is 10.6 Å². The highest BCUT2D eigenvalue weighted by Crippen LogP contribution is 2.21. The minimum absolute atomic E-state index is 0.0280. The van der Waals surface area contributed by atoms with Crippen molar-refractivity contribution in [1.82, 2.24) is 20.4 Å². The highest BCUT2D eigenvalue weighted by atomic mass is 16.2. The van der Waals surface area contributed by atoms with E-state index in [0.717, 1.165) is 25.5 Å². The van der Waals surface area contributed by atoms with Crippen LogP contribution in [0.4, 0.5) is 0 Å². The summed E-state index contributed by atoms with van der Waals surface area (Å²) in [5.74, 6) is 0.825. The zero-order valence-corrected chi connectivity index (χ0v) is 18.2. The molecule has 1 amide bonds. The molecule has 2 atom stereocenters. The van der Waals surface area contributed by atoms with E-state index in [4.69, 9.17) is 0 Å². The van der Waals surface area contributed by atoms with Crippen molar-refractivity contribution >= 4 is 11.9 Å². The molecule has 1 saturated carbocycles. The number of rotatable bonds is 6. The molecule has 1 heterocycles. The Kier molecular flexibility index (Phi) is 7.92. The van der Waals surface area contributed by atoms with Crippen LogP contribution in [0.15, 0.2) is 35.3 Å². The van der Waals surface area contributed by atoms with E-state index in [9.17, 15) is 4.79 Å². The van der Waals surface area contributed by atoms with Gasteiger partial charge in [-0.1, -0.05) is 49.6 Å². The predicted molar refractivity (Wildman–Crippen MR) is 119 cm³/mol. The van der Waals surface area contributed by atoms with Crippen molar-refractivity contribution in [1.29, 1.82) is 0 Å². The van der Waals surface area contributed by atoms with Gasteiger partial charge in [0.1, 0.15) is 6.54 Å². The van der Waals surface area contributed by atoms with Gasteiger partial charge >= 0.3 is 0 Å². The molecule has 160 valence electrons. The average molecular weight is 400 g/mol. The number of benzene rings is 1. The van der Waals surface area contributed by atoms with E-state index < -0.39 is 0 Å². The number of hydrogen-bond donors (Lipinski definition) is 2. The fourth-order valence-electron chi connectivity index (χ4n) is 4.30. The third-order valence-corrected chi connectivity index (χ3v) is 6.09. The summed E-state index contributed by atoms with van der Waals surface area (Å²) >= 11 is 0. The van der Waals surface area contributed by atoms with Gasteiger partial charge in [-0.15, -0.1) is 0 Å². The molecular weight excluding hydrogens is 362 g/mol. The number of nitrogens with one attached hydrogen (secondary N) is 2. The van der Waals surface area contributed by atoms with Gasteiger partial charge < -0.3 is 15.5 Å². The Morgan fingerprint density at radius 2 is 1.79 bits per heavy atom. The zero-order valence-electron chi connectivity index (χ0n) is 18.2. The van der Waals surface area contributed by atoms with Crippen LogP contribution in [-0.2, 0) is 11.3 Å². The summed E-state index contributed by atoms with van der Waals surface area (Å²) in [5, 5.41) is 7.24. The molecule has 1 aromatic rings. The molecule has 0 spiro atoms. The molecule has 0 bridgehead atoms. The normalized spacial score (nSPS) is 23.8. The Labute approximate surface area is 175 Å². The summed E-state index contributed by atoms with van der Waals surface area (Å²) in [6.07, 6.45) is 7.32. The van der Waals surface area contributed by atoms with Gasteiger partial charge in [-0.25, -0.2) is 4.99 Å². The summed E-state index contributed by atoms with van der Waals surface area (Å²) < 4.78 is 0. The van der Waals surface area contributed by atoms with Gasteiger partial charge in [0, 0.05) is 45.3 Å². The maximum Gasteiger partial charge on any atom is 0.243 e. The molecule has 6 nitrogen and oxygen atoms in total. The van der Waals surface area contributed by atoms with Crippen molar-refractivity contribution in [2.75, 3.05) is 27.2 Å². The third kappa shape index (κ3) is 6.74. The minimum atomic E-state index is 0.0280.